The molecule has 0 radical (unpaired) electrons. The minimum absolute atomic E-state index is 0.225. The van der Waals surface area contributed by atoms with Crippen molar-refractivity contribution in [3.05, 3.63) is 62.5 Å². The second-order valence-electron chi connectivity index (χ2n) is 8.26. The molecule has 31 heavy (non-hydrogen) atoms. The van der Waals surface area contributed by atoms with E-state index in [1.165, 1.54) is 0 Å². The predicted molar refractivity (Wildman–Crippen MR) is 123 cm³/mol. The molecule has 0 atom stereocenters. The van der Waals surface area contributed by atoms with Crippen LogP contribution in [0.3, 0.4) is 0 Å². The van der Waals surface area contributed by atoms with Crippen LogP contribution in [0.15, 0.2) is 39.5 Å². The molecule has 0 saturated heterocycles. The van der Waals surface area contributed by atoms with Gasteiger partial charge in [0, 0.05) is 16.6 Å². The molecular weight excluding hydrogens is 414 g/mol. The van der Waals surface area contributed by atoms with Crippen LogP contribution in [-0.4, -0.2) is 13.3 Å². The largest absolute Gasteiger partial charge is 0.494 e. The van der Waals surface area contributed by atoms with Crippen molar-refractivity contribution >= 4 is 28.3 Å². The Hall–Kier alpha value is -2.66. The summed E-state index contributed by atoms with van der Waals surface area (Å²) in [6, 6.07) is 9.92. The van der Waals surface area contributed by atoms with Gasteiger partial charge in [0.1, 0.15) is 17.1 Å². The van der Waals surface area contributed by atoms with Gasteiger partial charge < -0.3 is 18.8 Å². The van der Waals surface area contributed by atoms with Gasteiger partial charge in [-0.3, -0.25) is 0 Å². The summed E-state index contributed by atoms with van der Waals surface area (Å²) in [5, 5.41) is 1.52. The number of ether oxygens (including phenoxy) is 2. The molecule has 5 nitrogen and oxygen atoms in total. The Labute approximate surface area is 186 Å². The number of hydrogen-bond acceptors (Lipinski definition) is 5. The number of halogens is 1. The normalized spacial score (nSPS) is 15.4. The SMILES string of the molecule is CCCCOc1ccc(N2COc3c(Cl)cc4c5c(c(=O)oc4c3C2)CCCC5)cc1. The van der Waals surface area contributed by atoms with Crippen LogP contribution >= 0.6 is 11.6 Å². The lowest BCUT2D eigenvalue weighted by atomic mass is 9.90. The van der Waals surface area contributed by atoms with Crippen molar-refractivity contribution in [2.75, 3.05) is 18.2 Å². The first-order valence-electron chi connectivity index (χ1n) is 11.1. The van der Waals surface area contributed by atoms with E-state index in [1.807, 2.05) is 30.3 Å². The summed E-state index contributed by atoms with van der Waals surface area (Å²) < 4.78 is 17.6. The summed E-state index contributed by atoms with van der Waals surface area (Å²) in [5.41, 5.74) is 4.13. The molecule has 0 unspecified atom stereocenters. The van der Waals surface area contributed by atoms with Crippen LogP contribution in [-0.2, 0) is 19.4 Å². The lowest BCUT2D eigenvalue weighted by Crippen LogP contribution is -2.32. The van der Waals surface area contributed by atoms with Crippen LogP contribution in [0.25, 0.3) is 11.0 Å². The lowest BCUT2D eigenvalue weighted by Gasteiger charge is -2.32. The van der Waals surface area contributed by atoms with Crippen molar-refractivity contribution in [1.29, 1.82) is 0 Å². The summed E-state index contributed by atoms with van der Waals surface area (Å²) in [6.07, 6.45) is 5.92. The second-order valence-corrected chi connectivity index (χ2v) is 8.67. The van der Waals surface area contributed by atoms with Crippen molar-refractivity contribution in [3.63, 3.8) is 0 Å². The Balaban J connectivity index is 1.49. The van der Waals surface area contributed by atoms with Crippen molar-refractivity contribution < 1.29 is 13.9 Å². The van der Waals surface area contributed by atoms with Crippen molar-refractivity contribution in [2.24, 2.45) is 0 Å². The summed E-state index contributed by atoms with van der Waals surface area (Å²) in [7, 11) is 0. The van der Waals surface area contributed by atoms with E-state index in [-0.39, 0.29) is 5.63 Å². The zero-order valence-electron chi connectivity index (χ0n) is 17.7. The van der Waals surface area contributed by atoms with E-state index in [2.05, 4.69) is 11.8 Å². The molecule has 0 amide bonds. The fraction of sp³-hybridized carbons (Fsp3) is 0.400. The highest BCUT2D eigenvalue weighted by molar-refractivity contribution is 6.33. The first-order valence-corrected chi connectivity index (χ1v) is 11.4. The molecule has 1 aromatic heterocycles. The fourth-order valence-electron chi connectivity index (χ4n) is 4.52. The van der Waals surface area contributed by atoms with Crippen LogP contribution in [0.2, 0.25) is 5.02 Å². The molecule has 0 spiro atoms. The zero-order valence-corrected chi connectivity index (χ0v) is 18.5. The minimum Gasteiger partial charge on any atom is -0.494 e. The van der Waals surface area contributed by atoms with Gasteiger partial charge in [-0.25, -0.2) is 4.79 Å². The Morgan fingerprint density at radius 3 is 2.65 bits per heavy atom. The van der Waals surface area contributed by atoms with Gasteiger partial charge in [0.15, 0.2) is 6.73 Å². The molecule has 0 bridgehead atoms. The van der Waals surface area contributed by atoms with E-state index in [4.69, 9.17) is 25.5 Å². The molecule has 1 aliphatic heterocycles. The van der Waals surface area contributed by atoms with Gasteiger partial charge in [-0.2, -0.15) is 0 Å². The molecule has 6 heteroatoms. The van der Waals surface area contributed by atoms with Gasteiger partial charge in [-0.05, 0) is 68.0 Å². The van der Waals surface area contributed by atoms with Gasteiger partial charge in [-0.15, -0.1) is 0 Å². The number of aryl methyl sites for hydroxylation is 1. The maximum absolute atomic E-state index is 12.7. The number of unbranched alkanes of at least 4 members (excludes halogenated alkanes) is 1. The van der Waals surface area contributed by atoms with Crippen LogP contribution in [0, 0.1) is 0 Å². The smallest absolute Gasteiger partial charge is 0.339 e. The molecule has 1 aliphatic carbocycles. The summed E-state index contributed by atoms with van der Waals surface area (Å²) in [6.45, 7) is 3.81. The van der Waals surface area contributed by atoms with E-state index in [1.54, 1.807) is 0 Å². The average Bonchev–Trinajstić information content (AvgIpc) is 2.81. The van der Waals surface area contributed by atoms with Gasteiger partial charge >= 0.3 is 5.63 Å². The van der Waals surface area contributed by atoms with E-state index >= 15 is 0 Å². The molecule has 2 aliphatic rings. The highest BCUT2D eigenvalue weighted by Gasteiger charge is 2.27. The van der Waals surface area contributed by atoms with Gasteiger partial charge in [0.05, 0.1) is 23.7 Å². The summed E-state index contributed by atoms with van der Waals surface area (Å²) in [4.78, 5) is 14.8. The van der Waals surface area contributed by atoms with Crippen molar-refractivity contribution in [2.45, 2.75) is 52.0 Å². The Morgan fingerprint density at radius 1 is 1.10 bits per heavy atom. The first-order chi connectivity index (χ1) is 15.2. The zero-order chi connectivity index (χ0) is 21.4. The average molecular weight is 440 g/mol. The molecule has 162 valence electrons. The number of fused-ring (bicyclic) bond motifs is 5. The number of hydrogen-bond donors (Lipinski definition) is 0. The van der Waals surface area contributed by atoms with Crippen LogP contribution in [0.4, 0.5) is 5.69 Å². The molecule has 0 N–H and O–H groups in total. The third-order valence-corrected chi connectivity index (χ3v) is 6.48. The van der Waals surface area contributed by atoms with Gasteiger partial charge in [-0.1, -0.05) is 24.9 Å². The molecule has 0 saturated carbocycles. The standard InChI is InChI=1S/C25H26ClNO4/c1-2-3-12-29-17-10-8-16(9-11-17)27-14-21-23-20(13-22(26)24(21)30-15-27)18-6-4-5-7-19(18)25(28)31-23/h8-11,13H,2-7,12,14-15H2,1H3. The van der Waals surface area contributed by atoms with Crippen LogP contribution in [0.1, 0.15) is 49.3 Å². The molecule has 0 fully saturated rings. The Bertz CT molecular complexity index is 1170. The molecular formula is C25H26ClNO4. The highest BCUT2D eigenvalue weighted by Crippen LogP contribution is 2.41. The van der Waals surface area contributed by atoms with Gasteiger partial charge in [0.25, 0.3) is 0 Å². The van der Waals surface area contributed by atoms with E-state index in [0.29, 0.717) is 29.6 Å². The number of anilines is 1. The molecule has 2 heterocycles. The van der Waals surface area contributed by atoms with E-state index in [0.717, 1.165) is 78.6 Å². The fourth-order valence-corrected chi connectivity index (χ4v) is 4.80. The minimum atomic E-state index is -0.225. The Kier molecular flexibility index (Phi) is 5.53. The monoisotopic (exact) mass is 439 g/mol. The molecule has 2 aromatic carbocycles. The maximum Gasteiger partial charge on any atom is 0.339 e. The van der Waals surface area contributed by atoms with Crippen molar-refractivity contribution in [3.8, 4) is 11.5 Å². The van der Waals surface area contributed by atoms with Gasteiger partial charge in [0.2, 0.25) is 0 Å². The topological polar surface area (TPSA) is 51.9 Å². The van der Waals surface area contributed by atoms with Crippen LogP contribution in [0.5, 0.6) is 11.5 Å². The second kappa shape index (κ2) is 8.46. The highest BCUT2D eigenvalue weighted by atomic mass is 35.5. The third kappa shape index (κ3) is 3.76. The molecule has 3 aromatic rings. The predicted octanol–water partition coefficient (Wildman–Crippen LogP) is 5.86. The van der Waals surface area contributed by atoms with E-state index in [9.17, 15) is 4.79 Å². The number of benzene rings is 2. The first kappa shape index (κ1) is 20.3. The molecule has 5 rings (SSSR count). The number of nitrogens with zero attached hydrogens (tertiary/aromatic N) is 1. The lowest BCUT2D eigenvalue weighted by molar-refractivity contribution is 0.289. The van der Waals surface area contributed by atoms with E-state index < -0.39 is 0 Å². The summed E-state index contributed by atoms with van der Waals surface area (Å²) >= 11 is 6.60. The summed E-state index contributed by atoms with van der Waals surface area (Å²) in [5.74, 6) is 1.48. The Morgan fingerprint density at radius 2 is 1.87 bits per heavy atom. The van der Waals surface area contributed by atoms with Crippen LogP contribution < -0.4 is 20.0 Å². The maximum atomic E-state index is 12.7. The van der Waals surface area contributed by atoms with Crippen molar-refractivity contribution in [1.82, 2.24) is 0 Å². The quantitative estimate of drug-likeness (QED) is 0.368. The number of rotatable bonds is 5. The third-order valence-electron chi connectivity index (χ3n) is 6.20.